The van der Waals surface area contributed by atoms with E-state index in [9.17, 15) is 9.59 Å². The molecule has 6 heteroatoms. The molecular weight excluding hydrogens is 310 g/mol. The van der Waals surface area contributed by atoms with Crippen molar-refractivity contribution in [2.24, 2.45) is 7.05 Å². The maximum atomic E-state index is 12.3. The van der Waals surface area contributed by atoms with Gasteiger partial charge in [0.25, 0.3) is 0 Å². The second-order valence-electron chi connectivity index (χ2n) is 5.74. The van der Waals surface area contributed by atoms with Crippen molar-refractivity contribution in [3.63, 3.8) is 0 Å². The molecule has 2 aromatic rings. The van der Waals surface area contributed by atoms with Crippen LogP contribution in [0.1, 0.15) is 21.7 Å². The van der Waals surface area contributed by atoms with E-state index < -0.39 is 12.1 Å². The summed E-state index contributed by atoms with van der Waals surface area (Å²) in [5.74, 6) is 0.240. The Morgan fingerprint density at radius 1 is 1.25 bits per heavy atom. The second kappa shape index (κ2) is 6.39. The summed E-state index contributed by atoms with van der Waals surface area (Å²) in [5, 5.41) is 0. The zero-order valence-corrected chi connectivity index (χ0v) is 13.9. The molecule has 0 radical (unpaired) electrons. The predicted molar refractivity (Wildman–Crippen MR) is 86.5 cm³/mol. The van der Waals surface area contributed by atoms with E-state index in [1.54, 1.807) is 24.3 Å². The van der Waals surface area contributed by atoms with Crippen LogP contribution in [-0.2, 0) is 16.6 Å². The van der Waals surface area contributed by atoms with Crippen LogP contribution in [0.3, 0.4) is 0 Å². The average Bonchev–Trinajstić information content (AvgIpc) is 2.86. The maximum Gasteiger partial charge on any atom is 0.351 e. The van der Waals surface area contributed by atoms with Gasteiger partial charge >= 0.3 is 5.97 Å². The normalized spacial score (nSPS) is 15.9. The van der Waals surface area contributed by atoms with Crippen molar-refractivity contribution in [2.75, 3.05) is 13.2 Å². The van der Waals surface area contributed by atoms with Gasteiger partial charge in [-0.3, -0.25) is 4.79 Å². The maximum absolute atomic E-state index is 12.3. The second-order valence-corrected chi connectivity index (χ2v) is 5.74. The van der Waals surface area contributed by atoms with Crippen LogP contribution in [0.4, 0.5) is 0 Å². The molecule has 1 aromatic heterocycles. The first-order valence-corrected chi connectivity index (χ1v) is 7.68. The van der Waals surface area contributed by atoms with Gasteiger partial charge in [0.05, 0.1) is 0 Å². The third-order valence-electron chi connectivity index (χ3n) is 4.19. The highest BCUT2D eigenvalue weighted by atomic mass is 16.6. The largest absolute Gasteiger partial charge is 0.485 e. The molecule has 126 valence electrons. The average molecular weight is 329 g/mol. The Kier molecular flexibility index (Phi) is 4.29. The Morgan fingerprint density at radius 2 is 1.96 bits per heavy atom. The number of aryl methyl sites for hydroxylation is 1. The van der Waals surface area contributed by atoms with E-state index in [0.717, 1.165) is 11.4 Å². The quantitative estimate of drug-likeness (QED) is 0.635. The number of rotatable bonds is 4. The van der Waals surface area contributed by atoms with Crippen molar-refractivity contribution in [1.29, 1.82) is 0 Å². The van der Waals surface area contributed by atoms with Gasteiger partial charge in [-0.1, -0.05) is 12.1 Å². The van der Waals surface area contributed by atoms with Gasteiger partial charge in [0.2, 0.25) is 11.9 Å². The van der Waals surface area contributed by atoms with Crippen LogP contribution >= 0.6 is 0 Å². The fraction of sp³-hybridized carbons (Fsp3) is 0.333. The SMILES string of the molecule is Cc1cc(C(=O)COC(=O)[C@@H]2COc3ccccc3O2)c(C)n1C. The molecule has 2 heterocycles. The summed E-state index contributed by atoms with van der Waals surface area (Å²) in [6.07, 6.45) is -0.869. The number of aromatic nitrogens is 1. The number of esters is 1. The van der Waals surface area contributed by atoms with E-state index >= 15 is 0 Å². The number of benzene rings is 1. The molecule has 6 nitrogen and oxygen atoms in total. The molecule has 0 fully saturated rings. The fourth-order valence-corrected chi connectivity index (χ4v) is 2.58. The number of hydrogen-bond donors (Lipinski definition) is 0. The van der Waals surface area contributed by atoms with Crippen molar-refractivity contribution in [2.45, 2.75) is 20.0 Å². The van der Waals surface area contributed by atoms with Crippen LogP contribution in [0.2, 0.25) is 0 Å². The fourth-order valence-electron chi connectivity index (χ4n) is 2.58. The number of ether oxygens (including phenoxy) is 3. The molecule has 24 heavy (non-hydrogen) atoms. The van der Waals surface area contributed by atoms with E-state index in [-0.39, 0.29) is 19.0 Å². The number of hydrogen-bond acceptors (Lipinski definition) is 5. The summed E-state index contributed by atoms with van der Waals surface area (Å²) in [5.41, 5.74) is 2.39. The van der Waals surface area contributed by atoms with Gasteiger partial charge < -0.3 is 18.8 Å². The molecule has 0 aliphatic carbocycles. The lowest BCUT2D eigenvalue weighted by molar-refractivity contribution is -0.153. The number of nitrogens with zero attached hydrogens (tertiary/aromatic N) is 1. The van der Waals surface area contributed by atoms with Gasteiger partial charge in [0.1, 0.15) is 6.61 Å². The summed E-state index contributed by atoms with van der Waals surface area (Å²) in [4.78, 5) is 24.4. The standard InChI is InChI=1S/C18H19NO5/c1-11-8-13(12(2)19(11)3)14(20)9-23-18(21)17-10-22-15-6-4-5-7-16(15)24-17/h4-8,17H,9-10H2,1-3H3/t17-/m0/s1. The van der Waals surface area contributed by atoms with Crippen molar-refractivity contribution >= 4 is 11.8 Å². The summed E-state index contributed by atoms with van der Waals surface area (Å²) in [6, 6.07) is 8.89. The minimum atomic E-state index is -0.869. The zero-order valence-electron chi connectivity index (χ0n) is 13.9. The van der Waals surface area contributed by atoms with Gasteiger partial charge in [-0.2, -0.15) is 0 Å². The van der Waals surface area contributed by atoms with Crippen molar-refractivity contribution in [3.8, 4) is 11.5 Å². The number of fused-ring (bicyclic) bond motifs is 1. The highest BCUT2D eigenvalue weighted by molar-refractivity contribution is 5.99. The smallest absolute Gasteiger partial charge is 0.351 e. The molecule has 1 aromatic carbocycles. The minimum absolute atomic E-state index is 0.0630. The van der Waals surface area contributed by atoms with Crippen LogP contribution in [-0.4, -0.2) is 35.6 Å². The Hall–Kier alpha value is -2.76. The molecule has 0 saturated heterocycles. The first kappa shape index (κ1) is 16.1. The van der Waals surface area contributed by atoms with Crippen molar-refractivity contribution in [1.82, 2.24) is 4.57 Å². The van der Waals surface area contributed by atoms with Gasteiger partial charge in [0.15, 0.2) is 18.1 Å². The number of para-hydroxylation sites is 2. The lowest BCUT2D eigenvalue weighted by Gasteiger charge is -2.24. The zero-order chi connectivity index (χ0) is 17.3. The molecule has 3 rings (SSSR count). The van der Waals surface area contributed by atoms with E-state index in [4.69, 9.17) is 14.2 Å². The third kappa shape index (κ3) is 2.99. The molecule has 0 spiro atoms. The van der Waals surface area contributed by atoms with E-state index in [2.05, 4.69) is 0 Å². The van der Waals surface area contributed by atoms with Crippen molar-refractivity contribution < 1.29 is 23.8 Å². The number of ketones is 1. The third-order valence-corrected chi connectivity index (χ3v) is 4.19. The molecular formula is C18H19NO5. The minimum Gasteiger partial charge on any atom is -0.485 e. The van der Waals surface area contributed by atoms with Crippen LogP contribution < -0.4 is 9.47 Å². The highest BCUT2D eigenvalue weighted by Crippen LogP contribution is 2.31. The van der Waals surface area contributed by atoms with E-state index in [0.29, 0.717) is 17.1 Å². The van der Waals surface area contributed by atoms with Crippen molar-refractivity contribution in [3.05, 3.63) is 47.3 Å². The lowest BCUT2D eigenvalue weighted by Crippen LogP contribution is -2.38. The molecule has 0 saturated carbocycles. The molecule has 1 aliphatic heterocycles. The Balaban J connectivity index is 1.60. The molecule has 1 atom stereocenters. The summed E-state index contributed by atoms with van der Waals surface area (Å²) >= 11 is 0. The van der Waals surface area contributed by atoms with Gasteiger partial charge in [-0.05, 0) is 32.0 Å². The van der Waals surface area contributed by atoms with Gasteiger partial charge in [-0.25, -0.2) is 4.79 Å². The van der Waals surface area contributed by atoms with Crippen LogP contribution in [0.5, 0.6) is 11.5 Å². The van der Waals surface area contributed by atoms with Gasteiger partial charge in [-0.15, -0.1) is 0 Å². The number of carbonyl (C=O) groups excluding carboxylic acids is 2. The monoisotopic (exact) mass is 329 g/mol. The molecule has 0 amide bonds. The van der Waals surface area contributed by atoms with Crippen LogP contribution in [0.25, 0.3) is 0 Å². The summed E-state index contributed by atoms with van der Waals surface area (Å²) in [7, 11) is 1.89. The molecule has 0 N–H and O–H groups in total. The number of Topliss-reactive ketones (excluding diaryl/α,β-unsaturated/α-hetero) is 1. The Morgan fingerprint density at radius 3 is 2.62 bits per heavy atom. The van der Waals surface area contributed by atoms with E-state index in [1.165, 1.54) is 0 Å². The van der Waals surface area contributed by atoms with E-state index in [1.807, 2.05) is 31.5 Å². The van der Waals surface area contributed by atoms with Gasteiger partial charge in [0, 0.05) is 24.0 Å². The Labute approximate surface area is 139 Å². The topological polar surface area (TPSA) is 66.8 Å². The summed E-state index contributed by atoms with van der Waals surface area (Å²) in [6.45, 7) is 3.52. The molecule has 1 aliphatic rings. The molecule has 0 unspecified atom stereocenters. The van der Waals surface area contributed by atoms with Crippen LogP contribution in [0, 0.1) is 13.8 Å². The molecule has 0 bridgehead atoms. The van der Waals surface area contributed by atoms with Crippen LogP contribution in [0.15, 0.2) is 30.3 Å². The summed E-state index contributed by atoms with van der Waals surface area (Å²) < 4.78 is 18.1. The predicted octanol–water partition coefficient (Wildman–Crippen LogP) is 2.21. The first-order valence-electron chi connectivity index (χ1n) is 7.68. The number of carbonyl (C=O) groups is 2. The Bertz CT molecular complexity index is 793. The first-order chi connectivity index (χ1) is 11.5. The lowest BCUT2D eigenvalue weighted by atomic mass is 10.1. The highest BCUT2D eigenvalue weighted by Gasteiger charge is 2.29.